The van der Waals surface area contributed by atoms with Crippen molar-refractivity contribution in [3.05, 3.63) is 0 Å². The molecule has 0 aromatic rings. The van der Waals surface area contributed by atoms with E-state index in [9.17, 15) is 0 Å². The number of likely N-dealkylation sites (tertiary alicyclic amines) is 1. The molecular formula is C14H26N2. The van der Waals surface area contributed by atoms with Crippen LogP contribution in [0, 0.1) is 18.3 Å². The van der Waals surface area contributed by atoms with Gasteiger partial charge >= 0.3 is 0 Å². The van der Waals surface area contributed by atoms with Gasteiger partial charge in [0.1, 0.15) is 0 Å². The highest BCUT2D eigenvalue weighted by atomic mass is 15.1. The van der Waals surface area contributed by atoms with Crippen LogP contribution in [0.15, 0.2) is 0 Å². The van der Waals surface area contributed by atoms with E-state index in [1.807, 2.05) is 0 Å². The molecule has 2 nitrogen and oxygen atoms in total. The lowest BCUT2D eigenvalue weighted by Gasteiger charge is -2.32. The molecule has 1 saturated heterocycles. The van der Waals surface area contributed by atoms with E-state index >= 15 is 0 Å². The Morgan fingerprint density at radius 1 is 1.31 bits per heavy atom. The van der Waals surface area contributed by atoms with E-state index in [1.165, 1.54) is 32.2 Å². The van der Waals surface area contributed by atoms with Crippen molar-refractivity contribution in [3.63, 3.8) is 0 Å². The number of piperidine rings is 1. The zero-order valence-electron chi connectivity index (χ0n) is 10.8. The number of rotatable bonds is 6. The molecule has 0 aliphatic carbocycles. The van der Waals surface area contributed by atoms with Crippen molar-refractivity contribution in [2.75, 3.05) is 26.2 Å². The molecule has 1 fully saturated rings. The van der Waals surface area contributed by atoms with Gasteiger partial charge in [-0.2, -0.15) is 0 Å². The van der Waals surface area contributed by atoms with Crippen molar-refractivity contribution in [1.82, 2.24) is 10.2 Å². The Morgan fingerprint density at radius 2 is 1.94 bits per heavy atom. The summed E-state index contributed by atoms with van der Waals surface area (Å²) >= 11 is 0. The van der Waals surface area contributed by atoms with Crippen LogP contribution < -0.4 is 5.32 Å². The number of nitrogens with zero attached hydrogens (tertiary/aromatic N) is 1. The second-order valence-corrected chi connectivity index (χ2v) is 4.85. The van der Waals surface area contributed by atoms with Gasteiger partial charge in [0.25, 0.3) is 0 Å². The maximum Gasteiger partial charge on any atom is 0.0598 e. The Morgan fingerprint density at radius 3 is 2.44 bits per heavy atom. The molecule has 0 unspecified atom stereocenters. The quantitative estimate of drug-likeness (QED) is 0.693. The van der Waals surface area contributed by atoms with E-state index in [0.29, 0.717) is 0 Å². The predicted octanol–water partition coefficient (Wildman–Crippen LogP) is 2.11. The first-order chi connectivity index (χ1) is 7.80. The summed E-state index contributed by atoms with van der Waals surface area (Å²) < 4.78 is 0. The fourth-order valence-electron chi connectivity index (χ4n) is 2.33. The Kier molecular flexibility index (Phi) is 6.52. The molecule has 0 amide bonds. The second-order valence-electron chi connectivity index (χ2n) is 4.85. The summed E-state index contributed by atoms with van der Waals surface area (Å²) in [6.45, 7) is 8.89. The molecule has 1 aliphatic heterocycles. The van der Waals surface area contributed by atoms with E-state index in [-0.39, 0.29) is 0 Å². The summed E-state index contributed by atoms with van der Waals surface area (Å²) in [6.07, 6.45) is 10.4. The van der Waals surface area contributed by atoms with Crippen LogP contribution in [0.5, 0.6) is 0 Å². The zero-order chi connectivity index (χ0) is 11.8. The summed E-state index contributed by atoms with van der Waals surface area (Å²) in [7, 11) is 0. The molecule has 0 bridgehead atoms. The van der Waals surface area contributed by atoms with Crippen LogP contribution in [0.1, 0.15) is 39.5 Å². The molecule has 1 aliphatic rings. The molecule has 0 spiro atoms. The molecule has 0 radical (unpaired) electrons. The Labute approximate surface area is 101 Å². The second kappa shape index (κ2) is 7.70. The van der Waals surface area contributed by atoms with Crippen LogP contribution in [0.3, 0.4) is 0 Å². The molecule has 92 valence electrons. The highest BCUT2D eigenvalue weighted by Gasteiger charge is 2.18. The van der Waals surface area contributed by atoms with Crippen LogP contribution in [-0.4, -0.2) is 37.1 Å². The fourth-order valence-corrected chi connectivity index (χ4v) is 2.33. The van der Waals surface area contributed by atoms with E-state index in [0.717, 1.165) is 31.6 Å². The Hall–Kier alpha value is -0.520. The monoisotopic (exact) mass is 222 g/mol. The molecule has 1 heterocycles. The average Bonchev–Trinajstić information content (AvgIpc) is 2.33. The van der Waals surface area contributed by atoms with E-state index in [4.69, 9.17) is 6.42 Å². The third-order valence-corrected chi connectivity index (χ3v) is 3.75. The highest BCUT2D eigenvalue weighted by molar-refractivity contribution is 4.90. The maximum atomic E-state index is 5.32. The minimum atomic E-state index is 0.717. The molecular weight excluding hydrogens is 196 g/mol. The summed E-state index contributed by atoms with van der Waals surface area (Å²) in [5, 5.41) is 3.71. The first-order valence-corrected chi connectivity index (χ1v) is 6.69. The average molecular weight is 222 g/mol. The lowest BCUT2D eigenvalue weighted by atomic mass is 10.0. The van der Waals surface area contributed by atoms with Gasteiger partial charge in [0.2, 0.25) is 0 Å². The molecule has 1 N–H and O–H groups in total. The van der Waals surface area contributed by atoms with Crippen molar-refractivity contribution in [3.8, 4) is 12.3 Å². The molecule has 0 atom stereocenters. The summed E-state index contributed by atoms with van der Waals surface area (Å²) in [5.74, 6) is 3.58. The summed E-state index contributed by atoms with van der Waals surface area (Å²) in [5.41, 5.74) is 0. The van der Waals surface area contributed by atoms with Crippen molar-refractivity contribution < 1.29 is 0 Å². The summed E-state index contributed by atoms with van der Waals surface area (Å²) in [4.78, 5) is 2.37. The minimum absolute atomic E-state index is 0.717. The zero-order valence-corrected chi connectivity index (χ0v) is 10.8. The normalized spacial score (nSPS) is 18.9. The van der Waals surface area contributed by atoms with Gasteiger partial charge in [-0.05, 0) is 25.3 Å². The first-order valence-electron chi connectivity index (χ1n) is 6.69. The van der Waals surface area contributed by atoms with E-state index in [2.05, 4.69) is 30.0 Å². The predicted molar refractivity (Wildman–Crippen MR) is 70.4 cm³/mol. The Bertz CT molecular complexity index is 207. The van der Waals surface area contributed by atoms with Gasteiger partial charge in [-0.1, -0.05) is 32.6 Å². The topological polar surface area (TPSA) is 15.3 Å². The van der Waals surface area contributed by atoms with Crippen molar-refractivity contribution in [2.45, 2.75) is 45.6 Å². The number of terminal acetylenes is 1. The minimum Gasteiger partial charge on any atom is -0.314 e. The van der Waals surface area contributed by atoms with Gasteiger partial charge in [0.05, 0.1) is 6.54 Å². The van der Waals surface area contributed by atoms with Gasteiger partial charge < -0.3 is 5.32 Å². The smallest absolute Gasteiger partial charge is 0.0598 e. The van der Waals surface area contributed by atoms with Gasteiger partial charge in [-0.25, -0.2) is 0 Å². The third kappa shape index (κ3) is 4.55. The van der Waals surface area contributed by atoms with E-state index < -0.39 is 0 Å². The van der Waals surface area contributed by atoms with E-state index in [1.54, 1.807) is 0 Å². The Balaban J connectivity index is 2.15. The SMILES string of the molecule is C#CCN1CCC(NCC(CC)CC)CC1. The lowest BCUT2D eigenvalue weighted by Crippen LogP contribution is -2.43. The van der Waals surface area contributed by atoms with Crippen molar-refractivity contribution in [1.29, 1.82) is 0 Å². The number of nitrogens with one attached hydrogen (secondary N) is 1. The van der Waals surface area contributed by atoms with Gasteiger partial charge in [-0.3, -0.25) is 4.90 Å². The molecule has 0 aromatic carbocycles. The third-order valence-electron chi connectivity index (χ3n) is 3.75. The van der Waals surface area contributed by atoms with Crippen LogP contribution in [0.4, 0.5) is 0 Å². The molecule has 2 heteroatoms. The van der Waals surface area contributed by atoms with Crippen molar-refractivity contribution in [2.24, 2.45) is 5.92 Å². The van der Waals surface area contributed by atoms with Crippen molar-refractivity contribution >= 4 is 0 Å². The van der Waals surface area contributed by atoms with Gasteiger partial charge in [-0.15, -0.1) is 6.42 Å². The van der Waals surface area contributed by atoms with Crippen LogP contribution in [0.25, 0.3) is 0 Å². The number of hydrogen-bond donors (Lipinski definition) is 1. The highest BCUT2D eigenvalue weighted by Crippen LogP contribution is 2.12. The largest absolute Gasteiger partial charge is 0.314 e. The van der Waals surface area contributed by atoms with Gasteiger partial charge in [0.15, 0.2) is 0 Å². The number of hydrogen-bond acceptors (Lipinski definition) is 2. The van der Waals surface area contributed by atoms with Crippen LogP contribution in [-0.2, 0) is 0 Å². The maximum absolute atomic E-state index is 5.32. The summed E-state index contributed by atoms with van der Waals surface area (Å²) in [6, 6.07) is 0.717. The molecule has 0 aromatic heterocycles. The molecule has 0 saturated carbocycles. The molecule has 16 heavy (non-hydrogen) atoms. The van der Waals surface area contributed by atoms with Crippen LogP contribution >= 0.6 is 0 Å². The lowest BCUT2D eigenvalue weighted by molar-refractivity contribution is 0.213. The van der Waals surface area contributed by atoms with Gasteiger partial charge in [0, 0.05) is 19.1 Å². The standard InChI is InChI=1S/C14H26N2/c1-4-9-16-10-7-14(8-11-16)15-12-13(5-2)6-3/h1,13-15H,5-12H2,2-3H3. The first kappa shape index (κ1) is 13.5. The fraction of sp³-hybridized carbons (Fsp3) is 0.857. The van der Waals surface area contributed by atoms with Crippen LogP contribution in [0.2, 0.25) is 0 Å². The molecule has 1 rings (SSSR count).